The number of anilines is 1. The lowest BCUT2D eigenvalue weighted by Gasteiger charge is -2.23. The molecule has 3 N–H and O–H groups in total. The van der Waals surface area contributed by atoms with E-state index >= 15 is 0 Å². The fourth-order valence-electron chi connectivity index (χ4n) is 1.76. The SMILES string of the molecule is CCCC(C)(N)C(=O)Nc1ccc(OCC)c(Cl)c1.Cl. The van der Waals surface area contributed by atoms with Gasteiger partial charge in [-0.15, -0.1) is 12.4 Å². The Labute approximate surface area is 131 Å². The topological polar surface area (TPSA) is 64.4 Å². The van der Waals surface area contributed by atoms with Gasteiger partial charge in [-0.05, 0) is 38.5 Å². The summed E-state index contributed by atoms with van der Waals surface area (Å²) < 4.78 is 5.33. The van der Waals surface area contributed by atoms with Gasteiger partial charge in [0.05, 0.1) is 17.2 Å². The average molecular weight is 321 g/mol. The molecule has 0 saturated carbocycles. The summed E-state index contributed by atoms with van der Waals surface area (Å²) in [5, 5.41) is 3.24. The summed E-state index contributed by atoms with van der Waals surface area (Å²) in [6.45, 7) is 6.15. The van der Waals surface area contributed by atoms with Gasteiger partial charge in [-0.1, -0.05) is 24.9 Å². The molecule has 1 aromatic rings. The Hall–Kier alpha value is -0.970. The maximum absolute atomic E-state index is 12.0. The van der Waals surface area contributed by atoms with E-state index in [2.05, 4.69) is 5.32 Å². The van der Waals surface area contributed by atoms with Crippen LogP contribution in [0.5, 0.6) is 5.75 Å². The maximum Gasteiger partial charge on any atom is 0.244 e. The molecule has 20 heavy (non-hydrogen) atoms. The number of rotatable bonds is 6. The molecule has 1 amide bonds. The highest BCUT2D eigenvalue weighted by molar-refractivity contribution is 6.32. The van der Waals surface area contributed by atoms with Crippen LogP contribution < -0.4 is 15.8 Å². The first kappa shape index (κ1) is 19.0. The largest absolute Gasteiger partial charge is 0.492 e. The molecule has 114 valence electrons. The van der Waals surface area contributed by atoms with Crippen LogP contribution in [0, 0.1) is 0 Å². The van der Waals surface area contributed by atoms with Gasteiger partial charge in [-0.25, -0.2) is 0 Å². The minimum Gasteiger partial charge on any atom is -0.492 e. The molecule has 0 aliphatic carbocycles. The van der Waals surface area contributed by atoms with Crippen molar-refractivity contribution < 1.29 is 9.53 Å². The third kappa shape index (κ3) is 5.19. The first-order valence-corrected chi connectivity index (χ1v) is 6.81. The van der Waals surface area contributed by atoms with Crippen molar-refractivity contribution in [1.29, 1.82) is 0 Å². The summed E-state index contributed by atoms with van der Waals surface area (Å²) in [4.78, 5) is 12.0. The Kier molecular flexibility index (Phi) is 7.94. The molecule has 1 rings (SSSR count). The van der Waals surface area contributed by atoms with Crippen LogP contribution in [0.1, 0.15) is 33.6 Å². The van der Waals surface area contributed by atoms with Crippen LogP contribution in [0.15, 0.2) is 18.2 Å². The summed E-state index contributed by atoms with van der Waals surface area (Å²) in [6, 6.07) is 5.14. The van der Waals surface area contributed by atoms with E-state index in [1.807, 2.05) is 13.8 Å². The van der Waals surface area contributed by atoms with E-state index in [-0.39, 0.29) is 18.3 Å². The number of amides is 1. The predicted molar refractivity (Wildman–Crippen MR) is 86.0 cm³/mol. The average Bonchev–Trinajstić information content (AvgIpc) is 2.32. The third-order valence-corrected chi connectivity index (χ3v) is 3.07. The quantitative estimate of drug-likeness (QED) is 0.841. The molecule has 6 heteroatoms. The highest BCUT2D eigenvalue weighted by Gasteiger charge is 2.27. The Bertz CT molecular complexity index is 451. The van der Waals surface area contributed by atoms with Crippen molar-refractivity contribution in [3.63, 3.8) is 0 Å². The predicted octanol–water partition coefficient (Wildman–Crippen LogP) is 3.62. The molecule has 1 aromatic carbocycles. The summed E-state index contributed by atoms with van der Waals surface area (Å²) in [7, 11) is 0. The number of nitrogens with one attached hydrogen (secondary N) is 1. The Morgan fingerprint density at radius 3 is 2.60 bits per heavy atom. The van der Waals surface area contributed by atoms with Crippen LogP contribution in [0.2, 0.25) is 5.02 Å². The molecule has 0 aromatic heterocycles. The van der Waals surface area contributed by atoms with Gasteiger partial charge in [0.2, 0.25) is 5.91 Å². The number of hydrogen-bond donors (Lipinski definition) is 2. The molecule has 0 aliphatic rings. The van der Waals surface area contributed by atoms with Crippen molar-refractivity contribution in [2.75, 3.05) is 11.9 Å². The number of carbonyl (C=O) groups is 1. The van der Waals surface area contributed by atoms with E-state index in [0.29, 0.717) is 29.5 Å². The van der Waals surface area contributed by atoms with E-state index in [1.165, 1.54) is 0 Å². The molecule has 0 radical (unpaired) electrons. The minimum atomic E-state index is -0.875. The zero-order chi connectivity index (χ0) is 14.5. The lowest BCUT2D eigenvalue weighted by atomic mass is 9.96. The van der Waals surface area contributed by atoms with E-state index in [0.717, 1.165) is 6.42 Å². The normalized spacial score (nSPS) is 13.1. The van der Waals surface area contributed by atoms with E-state index in [9.17, 15) is 4.79 Å². The Balaban J connectivity index is 0.00000361. The molecule has 0 heterocycles. The highest BCUT2D eigenvalue weighted by atomic mass is 35.5. The van der Waals surface area contributed by atoms with Crippen LogP contribution in [-0.4, -0.2) is 18.1 Å². The fourth-order valence-corrected chi connectivity index (χ4v) is 1.99. The molecule has 1 atom stereocenters. The molecule has 0 fully saturated rings. The lowest BCUT2D eigenvalue weighted by molar-refractivity contribution is -0.120. The minimum absolute atomic E-state index is 0. The van der Waals surface area contributed by atoms with Crippen LogP contribution >= 0.6 is 24.0 Å². The van der Waals surface area contributed by atoms with Gasteiger partial charge in [0.15, 0.2) is 0 Å². The van der Waals surface area contributed by atoms with Crippen molar-refractivity contribution in [2.24, 2.45) is 5.73 Å². The van der Waals surface area contributed by atoms with Crippen LogP contribution in [0.25, 0.3) is 0 Å². The monoisotopic (exact) mass is 320 g/mol. The van der Waals surface area contributed by atoms with Crippen molar-refractivity contribution in [2.45, 2.75) is 39.2 Å². The van der Waals surface area contributed by atoms with Gasteiger partial charge in [-0.3, -0.25) is 4.79 Å². The molecular weight excluding hydrogens is 299 g/mol. The molecular formula is C14H22Cl2N2O2. The zero-order valence-electron chi connectivity index (χ0n) is 12.0. The van der Waals surface area contributed by atoms with Crippen molar-refractivity contribution >= 4 is 35.6 Å². The van der Waals surface area contributed by atoms with E-state index < -0.39 is 5.54 Å². The lowest BCUT2D eigenvalue weighted by Crippen LogP contribution is -2.48. The first-order valence-electron chi connectivity index (χ1n) is 6.43. The van der Waals surface area contributed by atoms with Gasteiger partial charge in [0.1, 0.15) is 5.75 Å². The first-order chi connectivity index (χ1) is 8.90. The van der Waals surface area contributed by atoms with Crippen molar-refractivity contribution in [1.82, 2.24) is 0 Å². The third-order valence-electron chi connectivity index (χ3n) is 2.78. The molecule has 0 spiro atoms. The van der Waals surface area contributed by atoms with Crippen LogP contribution in [-0.2, 0) is 4.79 Å². The maximum atomic E-state index is 12.0. The highest BCUT2D eigenvalue weighted by Crippen LogP contribution is 2.28. The molecule has 1 unspecified atom stereocenters. The summed E-state index contributed by atoms with van der Waals surface area (Å²) >= 11 is 6.06. The second kappa shape index (κ2) is 8.35. The standard InChI is InChI=1S/C14H21ClN2O2.ClH/c1-4-8-14(3,16)13(18)17-10-6-7-12(19-5-2)11(15)9-10;/h6-7,9H,4-5,8,16H2,1-3H3,(H,17,18);1H. The zero-order valence-corrected chi connectivity index (χ0v) is 13.6. The van der Waals surface area contributed by atoms with Crippen LogP contribution in [0.4, 0.5) is 5.69 Å². The summed E-state index contributed by atoms with van der Waals surface area (Å²) in [6.07, 6.45) is 1.48. The van der Waals surface area contributed by atoms with Gasteiger partial charge in [0.25, 0.3) is 0 Å². The van der Waals surface area contributed by atoms with E-state index in [4.69, 9.17) is 22.1 Å². The number of benzene rings is 1. The molecule has 4 nitrogen and oxygen atoms in total. The fraction of sp³-hybridized carbons (Fsp3) is 0.500. The van der Waals surface area contributed by atoms with E-state index in [1.54, 1.807) is 25.1 Å². The second-order valence-corrected chi connectivity index (χ2v) is 5.11. The van der Waals surface area contributed by atoms with Gasteiger partial charge < -0.3 is 15.8 Å². The second-order valence-electron chi connectivity index (χ2n) is 4.70. The molecule has 0 saturated heterocycles. The number of ether oxygens (including phenoxy) is 1. The van der Waals surface area contributed by atoms with Crippen LogP contribution in [0.3, 0.4) is 0 Å². The number of nitrogens with two attached hydrogens (primary N) is 1. The van der Waals surface area contributed by atoms with Crippen molar-refractivity contribution in [3.8, 4) is 5.75 Å². The summed E-state index contributed by atoms with van der Waals surface area (Å²) in [5.74, 6) is 0.390. The summed E-state index contributed by atoms with van der Waals surface area (Å²) in [5.41, 5.74) is 5.71. The van der Waals surface area contributed by atoms with Crippen molar-refractivity contribution in [3.05, 3.63) is 23.2 Å². The number of carbonyl (C=O) groups excluding carboxylic acids is 1. The number of halogens is 2. The van der Waals surface area contributed by atoms with Gasteiger partial charge in [0, 0.05) is 5.69 Å². The van der Waals surface area contributed by atoms with Gasteiger partial charge >= 0.3 is 0 Å². The Morgan fingerprint density at radius 1 is 1.45 bits per heavy atom. The number of hydrogen-bond acceptors (Lipinski definition) is 3. The molecule has 0 aliphatic heterocycles. The Morgan fingerprint density at radius 2 is 2.10 bits per heavy atom. The smallest absolute Gasteiger partial charge is 0.244 e. The molecule has 0 bridgehead atoms. The van der Waals surface area contributed by atoms with Gasteiger partial charge in [-0.2, -0.15) is 0 Å².